The van der Waals surface area contributed by atoms with Crippen LogP contribution in [0.15, 0.2) is 59.5 Å². The first-order valence-electron chi connectivity index (χ1n) is 9.00. The minimum atomic E-state index is -4.00. The normalized spacial score (nSPS) is 12.9. The van der Waals surface area contributed by atoms with Crippen molar-refractivity contribution in [3.8, 4) is 22.6 Å². The van der Waals surface area contributed by atoms with Crippen LogP contribution in [0, 0.1) is 0 Å². The van der Waals surface area contributed by atoms with E-state index in [0.29, 0.717) is 17.7 Å². The number of anilines is 2. The summed E-state index contributed by atoms with van der Waals surface area (Å²) in [4.78, 5) is 2.05. The van der Waals surface area contributed by atoms with Gasteiger partial charge in [0.15, 0.2) is 0 Å². The lowest BCUT2D eigenvalue weighted by Gasteiger charge is -2.32. The minimum Gasteiger partial charge on any atom is -0.496 e. The van der Waals surface area contributed by atoms with E-state index in [1.807, 2.05) is 31.3 Å². The summed E-state index contributed by atoms with van der Waals surface area (Å²) in [6.07, 6.45) is 0.705. The minimum absolute atomic E-state index is 0.0837. The molecule has 0 atom stereocenters. The highest BCUT2D eigenvalue weighted by atomic mass is 35.7. The number of hydrogen-bond acceptors (Lipinski definition) is 5. The molecular formula is C22H20ClNO4S. The molecule has 5 nitrogen and oxygen atoms in total. The zero-order valence-corrected chi connectivity index (χ0v) is 17.8. The van der Waals surface area contributed by atoms with Gasteiger partial charge in [0.2, 0.25) is 0 Å². The van der Waals surface area contributed by atoms with Gasteiger partial charge in [-0.3, -0.25) is 0 Å². The summed E-state index contributed by atoms with van der Waals surface area (Å²) in [5, 5.41) is 0. The van der Waals surface area contributed by atoms with Crippen LogP contribution in [0.5, 0.6) is 11.5 Å². The molecule has 150 valence electrons. The molecule has 0 bridgehead atoms. The molecule has 0 fully saturated rings. The van der Waals surface area contributed by atoms with Crippen molar-refractivity contribution in [3.63, 3.8) is 0 Å². The number of fused-ring (bicyclic) bond motifs is 2. The number of rotatable bonds is 4. The zero-order chi connectivity index (χ0) is 20.8. The molecule has 0 N–H and O–H groups in total. The average molecular weight is 430 g/mol. The molecule has 7 heteroatoms. The summed E-state index contributed by atoms with van der Waals surface area (Å²) in [7, 11) is 6.67. The molecule has 0 amide bonds. The van der Waals surface area contributed by atoms with Gasteiger partial charge in [0.05, 0.1) is 19.8 Å². The van der Waals surface area contributed by atoms with Crippen molar-refractivity contribution in [2.45, 2.75) is 11.3 Å². The van der Waals surface area contributed by atoms with Gasteiger partial charge in [-0.15, -0.1) is 0 Å². The molecule has 3 aromatic carbocycles. The summed E-state index contributed by atoms with van der Waals surface area (Å²) >= 11 is 0. The van der Waals surface area contributed by atoms with E-state index >= 15 is 0 Å². The van der Waals surface area contributed by atoms with Gasteiger partial charge in [-0.25, -0.2) is 8.42 Å². The Morgan fingerprint density at radius 1 is 0.931 bits per heavy atom. The lowest BCUT2D eigenvalue weighted by atomic mass is 9.88. The van der Waals surface area contributed by atoms with Gasteiger partial charge in [0.1, 0.15) is 16.4 Å². The standard InChI is InChI=1S/C22H20ClNO4S/c1-24-17-9-5-4-7-14(17)13-16-15(8-6-10-18(16)24)21-19(27-2)11-12-20(22(21)28-3)29(23,25)26/h4-12H,13H2,1-3H3. The first-order valence-corrected chi connectivity index (χ1v) is 11.3. The van der Waals surface area contributed by atoms with Gasteiger partial charge in [-0.1, -0.05) is 30.3 Å². The Kier molecular flexibility index (Phi) is 4.92. The van der Waals surface area contributed by atoms with E-state index in [1.165, 1.54) is 18.7 Å². The molecule has 0 radical (unpaired) electrons. The molecule has 3 aromatic rings. The maximum absolute atomic E-state index is 12.1. The smallest absolute Gasteiger partial charge is 0.265 e. The van der Waals surface area contributed by atoms with Gasteiger partial charge >= 0.3 is 0 Å². The van der Waals surface area contributed by atoms with E-state index in [9.17, 15) is 8.42 Å². The fourth-order valence-electron chi connectivity index (χ4n) is 3.98. The number of halogens is 1. The van der Waals surface area contributed by atoms with Crippen LogP contribution in [-0.2, 0) is 15.5 Å². The number of methoxy groups -OCH3 is 2. The Morgan fingerprint density at radius 2 is 1.66 bits per heavy atom. The van der Waals surface area contributed by atoms with E-state index < -0.39 is 9.05 Å². The van der Waals surface area contributed by atoms with Crippen molar-refractivity contribution in [2.75, 3.05) is 26.2 Å². The number of para-hydroxylation sites is 1. The third-order valence-corrected chi connectivity index (χ3v) is 6.62. The molecule has 1 aliphatic rings. The van der Waals surface area contributed by atoms with Gasteiger partial charge in [-0.05, 0) is 41.0 Å². The topological polar surface area (TPSA) is 55.8 Å². The summed E-state index contributed by atoms with van der Waals surface area (Å²) in [6.45, 7) is 0. The second-order valence-corrected chi connectivity index (χ2v) is 9.31. The monoisotopic (exact) mass is 429 g/mol. The van der Waals surface area contributed by atoms with Crippen LogP contribution in [0.2, 0.25) is 0 Å². The van der Waals surface area contributed by atoms with Crippen LogP contribution in [0.3, 0.4) is 0 Å². The first kappa shape index (κ1) is 19.6. The van der Waals surface area contributed by atoms with Crippen molar-refractivity contribution >= 4 is 31.1 Å². The average Bonchev–Trinajstić information content (AvgIpc) is 2.72. The fourth-order valence-corrected chi connectivity index (χ4v) is 4.98. The zero-order valence-electron chi connectivity index (χ0n) is 16.3. The van der Waals surface area contributed by atoms with Crippen molar-refractivity contribution in [2.24, 2.45) is 0 Å². The van der Waals surface area contributed by atoms with E-state index in [0.717, 1.165) is 22.5 Å². The Bertz CT molecular complexity index is 1210. The van der Waals surface area contributed by atoms with Crippen molar-refractivity contribution in [3.05, 3.63) is 65.7 Å². The molecule has 0 unspecified atom stereocenters. The summed E-state index contributed by atoms with van der Waals surface area (Å²) in [5.41, 5.74) is 5.86. The van der Waals surface area contributed by atoms with Crippen molar-refractivity contribution < 1.29 is 17.9 Å². The molecule has 1 aliphatic heterocycles. The van der Waals surface area contributed by atoms with Gasteiger partial charge < -0.3 is 14.4 Å². The second kappa shape index (κ2) is 7.28. The second-order valence-electron chi connectivity index (χ2n) is 6.78. The van der Waals surface area contributed by atoms with E-state index in [4.69, 9.17) is 20.2 Å². The number of ether oxygens (including phenoxy) is 2. The maximum atomic E-state index is 12.1. The molecule has 0 spiro atoms. The van der Waals surface area contributed by atoms with E-state index in [1.54, 1.807) is 13.2 Å². The summed E-state index contributed by atoms with van der Waals surface area (Å²) in [6, 6.07) is 17.2. The Hall–Kier alpha value is -2.70. The van der Waals surface area contributed by atoms with Crippen LogP contribution in [0.25, 0.3) is 11.1 Å². The van der Waals surface area contributed by atoms with Crippen LogP contribution in [-0.4, -0.2) is 29.7 Å². The molecular weight excluding hydrogens is 410 g/mol. The lowest BCUT2D eigenvalue weighted by Crippen LogP contribution is -2.19. The van der Waals surface area contributed by atoms with Gasteiger partial charge in [0, 0.05) is 35.5 Å². The summed E-state index contributed by atoms with van der Waals surface area (Å²) < 4.78 is 35.4. The molecule has 1 heterocycles. The highest BCUT2D eigenvalue weighted by molar-refractivity contribution is 8.13. The number of nitrogens with zero attached hydrogens (tertiary/aromatic N) is 1. The van der Waals surface area contributed by atoms with Crippen LogP contribution in [0.4, 0.5) is 11.4 Å². The fraction of sp³-hybridized carbons (Fsp3) is 0.182. The summed E-state index contributed by atoms with van der Waals surface area (Å²) in [5.74, 6) is 0.690. The molecule has 29 heavy (non-hydrogen) atoms. The third kappa shape index (κ3) is 3.22. The van der Waals surface area contributed by atoms with Crippen molar-refractivity contribution in [1.82, 2.24) is 0 Å². The Balaban J connectivity index is 2.03. The van der Waals surface area contributed by atoms with Gasteiger partial charge in [-0.2, -0.15) is 0 Å². The Morgan fingerprint density at radius 3 is 2.34 bits per heavy atom. The number of benzene rings is 3. The highest BCUT2D eigenvalue weighted by Crippen LogP contribution is 2.48. The predicted molar refractivity (Wildman–Crippen MR) is 115 cm³/mol. The Labute approximate surface area is 174 Å². The van der Waals surface area contributed by atoms with E-state index in [2.05, 4.69) is 23.1 Å². The van der Waals surface area contributed by atoms with Crippen LogP contribution in [0.1, 0.15) is 11.1 Å². The third-order valence-electron chi connectivity index (χ3n) is 5.27. The number of hydrogen-bond donors (Lipinski definition) is 0. The van der Waals surface area contributed by atoms with E-state index in [-0.39, 0.29) is 10.6 Å². The molecule has 4 rings (SSSR count). The SMILES string of the molecule is COc1ccc(S(=O)(=O)Cl)c(OC)c1-c1cccc2c1Cc1ccccc1N2C. The molecule has 0 saturated carbocycles. The quantitative estimate of drug-likeness (QED) is 0.548. The maximum Gasteiger partial charge on any atom is 0.265 e. The van der Waals surface area contributed by atoms with Gasteiger partial charge in [0.25, 0.3) is 9.05 Å². The molecule has 0 aliphatic carbocycles. The van der Waals surface area contributed by atoms with Crippen molar-refractivity contribution in [1.29, 1.82) is 0 Å². The van der Waals surface area contributed by atoms with Crippen LogP contribution >= 0.6 is 10.7 Å². The highest BCUT2D eigenvalue weighted by Gasteiger charge is 2.28. The van der Waals surface area contributed by atoms with Crippen LogP contribution < -0.4 is 14.4 Å². The first-order chi connectivity index (χ1) is 13.9. The molecule has 0 aromatic heterocycles. The predicted octanol–water partition coefficient (Wildman–Crippen LogP) is 4.97. The lowest BCUT2D eigenvalue weighted by molar-refractivity contribution is 0.389. The largest absolute Gasteiger partial charge is 0.496 e. The molecule has 0 saturated heterocycles.